The lowest BCUT2D eigenvalue weighted by atomic mass is 9.96. The van der Waals surface area contributed by atoms with Gasteiger partial charge in [-0.2, -0.15) is 5.26 Å². The first-order valence-corrected chi connectivity index (χ1v) is 14.2. The molecule has 4 aromatic carbocycles. The van der Waals surface area contributed by atoms with E-state index < -0.39 is 0 Å². The number of nitriles is 1. The maximum Gasteiger partial charge on any atom is 0.262 e. The maximum atomic E-state index is 13.7. The van der Waals surface area contributed by atoms with Crippen molar-refractivity contribution in [1.29, 1.82) is 5.26 Å². The molecular weight excluding hydrogens is 520 g/mol. The molecule has 1 aliphatic rings. The van der Waals surface area contributed by atoms with Gasteiger partial charge in [-0.25, -0.2) is 0 Å². The third-order valence-electron chi connectivity index (χ3n) is 8.32. The number of aryl methyl sites for hydroxylation is 1. The molecule has 1 saturated heterocycles. The lowest BCUT2D eigenvalue weighted by molar-refractivity contribution is 0.406. The summed E-state index contributed by atoms with van der Waals surface area (Å²) >= 11 is 0. The fraction of sp³-hybridized carbons (Fsp3) is 0.222. The first kappa shape index (κ1) is 27.2. The van der Waals surface area contributed by atoms with E-state index in [1.165, 1.54) is 5.69 Å². The lowest BCUT2D eigenvalue weighted by Gasteiger charge is -2.49. The molecule has 1 fully saturated rings. The highest BCUT2D eigenvalue weighted by Crippen LogP contribution is 2.33. The van der Waals surface area contributed by atoms with Crippen molar-refractivity contribution in [1.82, 2.24) is 4.57 Å². The summed E-state index contributed by atoms with van der Waals surface area (Å²) in [6, 6.07) is 32.1. The summed E-state index contributed by atoms with van der Waals surface area (Å²) in [6.45, 7) is 9.26. The Hall–Kier alpha value is -5.02. The quantitative estimate of drug-likeness (QED) is 0.235. The van der Waals surface area contributed by atoms with Crippen LogP contribution >= 0.6 is 0 Å². The van der Waals surface area contributed by atoms with Crippen LogP contribution in [-0.4, -0.2) is 36.9 Å². The minimum Gasteiger partial charge on any atom is -0.497 e. The maximum absolute atomic E-state index is 13.7. The van der Waals surface area contributed by atoms with E-state index in [1.807, 2.05) is 79.9 Å². The van der Waals surface area contributed by atoms with Gasteiger partial charge in [-0.3, -0.25) is 9.36 Å². The molecule has 2 heterocycles. The van der Waals surface area contributed by atoms with Gasteiger partial charge in [0.05, 0.1) is 24.3 Å². The monoisotopic (exact) mass is 554 g/mol. The van der Waals surface area contributed by atoms with Crippen LogP contribution in [-0.2, 0) is 0 Å². The molecule has 0 radical (unpaired) electrons. The van der Waals surface area contributed by atoms with E-state index in [9.17, 15) is 10.1 Å². The molecule has 0 atom stereocenters. The van der Waals surface area contributed by atoms with Gasteiger partial charge in [0.1, 0.15) is 5.75 Å². The average Bonchev–Trinajstić information content (AvgIpc) is 3.02. The number of rotatable bonds is 5. The largest absolute Gasteiger partial charge is 0.497 e. The number of ether oxygens (including phenoxy) is 1. The van der Waals surface area contributed by atoms with Gasteiger partial charge in [-0.05, 0) is 97.4 Å². The summed E-state index contributed by atoms with van der Waals surface area (Å²) in [4.78, 5) is 18.6. The number of benzene rings is 4. The molecule has 6 nitrogen and oxygen atoms in total. The number of pyridine rings is 1. The number of hydrogen-bond donors (Lipinski definition) is 0. The topological polar surface area (TPSA) is 61.5 Å². The third kappa shape index (κ3) is 4.88. The molecule has 1 aromatic heterocycles. The summed E-state index contributed by atoms with van der Waals surface area (Å²) in [7, 11) is 1.70. The van der Waals surface area contributed by atoms with Crippen molar-refractivity contribution < 1.29 is 4.74 Å². The second-order valence-electron chi connectivity index (χ2n) is 11.5. The zero-order valence-electron chi connectivity index (χ0n) is 24.5. The minimum absolute atomic E-state index is 0.0492. The van der Waals surface area contributed by atoms with Crippen LogP contribution in [0.5, 0.6) is 5.75 Å². The Morgan fingerprint density at radius 2 is 1.57 bits per heavy atom. The number of hydrogen-bond acceptors (Lipinski definition) is 5. The zero-order valence-corrected chi connectivity index (χ0v) is 24.5. The van der Waals surface area contributed by atoms with Crippen LogP contribution in [0.1, 0.15) is 25.0 Å². The molecule has 1 aliphatic heterocycles. The summed E-state index contributed by atoms with van der Waals surface area (Å²) in [5, 5.41) is 10.8. The summed E-state index contributed by atoms with van der Waals surface area (Å²) < 4.78 is 7.20. The van der Waals surface area contributed by atoms with E-state index in [-0.39, 0.29) is 11.1 Å². The van der Waals surface area contributed by atoms with E-state index in [0.29, 0.717) is 10.9 Å². The van der Waals surface area contributed by atoms with E-state index in [0.717, 1.165) is 58.8 Å². The predicted molar refractivity (Wildman–Crippen MR) is 171 cm³/mol. The number of methoxy groups -OCH3 is 1. The van der Waals surface area contributed by atoms with Crippen molar-refractivity contribution in [2.24, 2.45) is 0 Å². The Bertz CT molecular complexity index is 1870. The van der Waals surface area contributed by atoms with Gasteiger partial charge in [0.15, 0.2) is 0 Å². The van der Waals surface area contributed by atoms with E-state index in [2.05, 4.69) is 54.0 Å². The van der Waals surface area contributed by atoms with Gasteiger partial charge < -0.3 is 14.5 Å². The number of nitrogens with zero attached hydrogens (tertiary/aromatic N) is 4. The predicted octanol–water partition coefficient (Wildman–Crippen LogP) is 6.95. The molecule has 0 unspecified atom stereocenters. The minimum atomic E-state index is -0.0810. The van der Waals surface area contributed by atoms with Gasteiger partial charge in [-0.1, -0.05) is 30.3 Å². The van der Waals surface area contributed by atoms with E-state index >= 15 is 0 Å². The summed E-state index contributed by atoms with van der Waals surface area (Å²) in [6.07, 6.45) is 1.93. The number of fused-ring (bicyclic) bond motifs is 1. The van der Waals surface area contributed by atoms with Crippen LogP contribution in [0.4, 0.5) is 11.4 Å². The second kappa shape index (κ2) is 10.8. The molecule has 0 spiro atoms. The third-order valence-corrected chi connectivity index (χ3v) is 8.32. The first-order valence-electron chi connectivity index (χ1n) is 14.2. The summed E-state index contributed by atoms with van der Waals surface area (Å²) in [5.41, 5.74) is 6.63. The fourth-order valence-electron chi connectivity index (χ4n) is 6.21. The smallest absolute Gasteiger partial charge is 0.262 e. The van der Waals surface area contributed by atoms with Crippen LogP contribution in [0.15, 0.2) is 102 Å². The van der Waals surface area contributed by atoms with E-state index in [4.69, 9.17) is 4.74 Å². The lowest BCUT2D eigenvalue weighted by Crippen LogP contribution is -2.59. The Kier molecular flexibility index (Phi) is 6.96. The molecule has 0 amide bonds. The van der Waals surface area contributed by atoms with Crippen molar-refractivity contribution in [3.8, 4) is 28.6 Å². The molecule has 6 heteroatoms. The van der Waals surface area contributed by atoms with Crippen LogP contribution < -0.4 is 20.1 Å². The SMILES string of the molecule is COc1cccc(N2CCN(c3ccc(-n4cc(C)c5c(-c6ccc(C#N)cc6)cccc5c4=O)cc3)CC2(C)C)c1. The highest BCUT2D eigenvalue weighted by Gasteiger charge is 2.34. The molecule has 5 aromatic rings. The van der Waals surface area contributed by atoms with Crippen LogP contribution in [0, 0.1) is 18.3 Å². The first-order chi connectivity index (χ1) is 20.3. The normalized spacial score (nSPS) is 14.5. The van der Waals surface area contributed by atoms with E-state index in [1.54, 1.807) is 11.7 Å². The molecule has 210 valence electrons. The van der Waals surface area contributed by atoms with Crippen molar-refractivity contribution >= 4 is 22.1 Å². The molecule has 6 rings (SSSR count). The van der Waals surface area contributed by atoms with Gasteiger partial charge in [0, 0.05) is 54.3 Å². The van der Waals surface area contributed by atoms with Crippen LogP contribution in [0.2, 0.25) is 0 Å². The van der Waals surface area contributed by atoms with Crippen molar-refractivity contribution in [2.45, 2.75) is 26.3 Å². The average molecular weight is 555 g/mol. The highest BCUT2D eigenvalue weighted by atomic mass is 16.5. The molecule has 42 heavy (non-hydrogen) atoms. The number of aromatic nitrogens is 1. The van der Waals surface area contributed by atoms with Crippen LogP contribution in [0.3, 0.4) is 0 Å². The molecule has 0 N–H and O–H groups in total. The summed E-state index contributed by atoms with van der Waals surface area (Å²) in [5.74, 6) is 0.867. The standard InChI is InChI=1S/C36H34N4O2/c1-25-23-39(35(41)33-10-6-9-32(34(25)33)27-13-11-26(22-37)12-14-27)29-17-15-28(16-18-29)38-19-20-40(36(2,3)24-38)30-7-5-8-31(21-30)42-4/h5-18,21,23H,19-20,24H2,1-4H3. The molecule has 0 aliphatic carbocycles. The van der Waals surface area contributed by atoms with Crippen molar-refractivity contribution in [2.75, 3.05) is 36.5 Å². The van der Waals surface area contributed by atoms with Gasteiger partial charge >= 0.3 is 0 Å². The molecule has 0 bridgehead atoms. The van der Waals surface area contributed by atoms with Gasteiger partial charge in [0.25, 0.3) is 5.56 Å². The Balaban J connectivity index is 1.28. The zero-order chi connectivity index (χ0) is 29.4. The number of piperazine rings is 1. The van der Waals surface area contributed by atoms with Crippen molar-refractivity contribution in [3.05, 3.63) is 119 Å². The van der Waals surface area contributed by atoms with Gasteiger partial charge in [-0.15, -0.1) is 0 Å². The second-order valence-corrected chi connectivity index (χ2v) is 11.5. The Labute approximate surface area is 246 Å². The highest BCUT2D eigenvalue weighted by molar-refractivity contribution is 5.98. The molecule has 0 saturated carbocycles. The fourth-order valence-corrected chi connectivity index (χ4v) is 6.21. The van der Waals surface area contributed by atoms with Crippen molar-refractivity contribution in [3.63, 3.8) is 0 Å². The van der Waals surface area contributed by atoms with Gasteiger partial charge in [0.2, 0.25) is 0 Å². The number of anilines is 2. The Morgan fingerprint density at radius 3 is 2.26 bits per heavy atom. The molecular formula is C36H34N4O2. The Morgan fingerprint density at radius 1 is 0.857 bits per heavy atom. The van der Waals surface area contributed by atoms with Crippen LogP contribution in [0.25, 0.3) is 27.6 Å².